The van der Waals surface area contributed by atoms with Crippen molar-refractivity contribution >= 4 is 23.4 Å². The van der Waals surface area contributed by atoms with Gasteiger partial charge in [-0.05, 0) is 78.5 Å². The quantitative estimate of drug-likeness (QED) is 0.0895. The van der Waals surface area contributed by atoms with Gasteiger partial charge < -0.3 is 20.5 Å². The number of hydrogen-bond donors (Lipinski definition) is 3. The fourth-order valence-corrected chi connectivity index (χ4v) is 6.95. The third-order valence-electron chi connectivity index (χ3n) is 9.77. The maximum Gasteiger partial charge on any atom is 0.250 e. The third kappa shape index (κ3) is 9.63. The van der Waals surface area contributed by atoms with Crippen LogP contribution in [0.25, 0.3) is 22.4 Å². The Bertz CT molecular complexity index is 1890. The van der Waals surface area contributed by atoms with Crippen molar-refractivity contribution in [1.29, 1.82) is 0 Å². The molecule has 1 aromatic heterocycles. The Morgan fingerprint density at radius 3 is 2.13 bits per heavy atom. The number of anilines is 1. The van der Waals surface area contributed by atoms with Gasteiger partial charge in [-0.2, -0.15) is 0 Å². The van der Waals surface area contributed by atoms with Crippen LogP contribution in [0, 0.1) is 0 Å². The number of hydrogen-bond acceptors (Lipinski definition) is 4. The zero-order valence-corrected chi connectivity index (χ0v) is 30.0. The molecule has 2 atom stereocenters. The summed E-state index contributed by atoms with van der Waals surface area (Å²) in [6, 6.07) is 35.2. The van der Waals surface area contributed by atoms with Crippen LogP contribution in [0.5, 0.6) is 0 Å². The van der Waals surface area contributed by atoms with Crippen molar-refractivity contribution in [2.24, 2.45) is 0 Å². The van der Waals surface area contributed by atoms with Gasteiger partial charge in [0, 0.05) is 25.1 Å². The van der Waals surface area contributed by atoms with Crippen LogP contribution >= 0.6 is 0 Å². The average molecular weight is 696 g/mol. The fraction of sp³-hybridized carbons (Fsp3) is 0.318. The third-order valence-corrected chi connectivity index (χ3v) is 9.77. The molecular formula is C44H49N5O3. The Morgan fingerprint density at radius 1 is 0.769 bits per heavy atom. The van der Waals surface area contributed by atoms with E-state index >= 15 is 0 Å². The van der Waals surface area contributed by atoms with Gasteiger partial charge in [0.2, 0.25) is 17.7 Å². The number of nitrogens with one attached hydrogen (secondary N) is 3. The van der Waals surface area contributed by atoms with Crippen molar-refractivity contribution in [2.45, 2.75) is 83.2 Å². The summed E-state index contributed by atoms with van der Waals surface area (Å²) in [5, 5.41) is 6.02. The number of amides is 3. The molecule has 4 aromatic carbocycles. The Balaban J connectivity index is 1.06. The normalized spacial score (nSPS) is 14.6. The molecule has 1 fully saturated rings. The highest BCUT2D eigenvalue weighted by molar-refractivity contribution is 5.91. The largest absolute Gasteiger partial charge is 0.341 e. The lowest BCUT2D eigenvalue weighted by Gasteiger charge is -2.28. The molecular weight excluding hydrogens is 647 g/mol. The van der Waals surface area contributed by atoms with Crippen LogP contribution in [0.15, 0.2) is 115 Å². The predicted octanol–water partition coefficient (Wildman–Crippen LogP) is 9.20. The standard InChI is InChI=1S/C44H49N5O3/c1-2-14-40(50)46-37-28-26-34(27-29-37)33-22-24-35(25-23-33)38-31-45-43(47-38)39-20-13-30-49(39)44(52)42(36-18-10-6-11-19-36)48-41(51)21-12-4-3-7-15-32-16-8-5-9-17-32/h5-6,8-11,16-19,22-29,31,39,42H,2-4,7,12-15,20-21,30H2,1H3,(H,45,47)(H,46,50)(H,48,51)/t39-,42+/m0/s1. The zero-order valence-electron chi connectivity index (χ0n) is 30.0. The lowest BCUT2D eigenvalue weighted by atomic mass is 10.0. The molecule has 3 amide bonds. The summed E-state index contributed by atoms with van der Waals surface area (Å²) in [5.74, 6) is 0.569. The molecule has 0 radical (unpaired) electrons. The number of benzene rings is 4. The fourth-order valence-electron chi connectivity index (χ4n) is 6.95. The number of carbonyl (C=O) groups is 3. The van der Waals surface area contributed by atoms with E-state index in [-0.39, 0.29) is 23.8 Å². The van der Waals surface area contributed by atoms with Gasteiger partial charge in [-0.1, -0.05) is 117 Å². The molecule has 1 saturated heterocycles. The first-order chi connectivity index (χ1) is 25.5. The lowest BCUT2D eigenvalue weighted by Crippen LogP contribution is -2.42. The van der Waals surface area contributed by atoms with Gasteiger partial charge in [-0.3, -0.25) is 14.4 Å². The number of imidazole rings is 1. The van der Waals surface area contributed by atoms with E-state index < -0.39 is 6.04 Å². The second-order valence-electron chi connectivity index (χ2n) is 13.6. The number of aryl methyl sites for hydroxylation is 1. The number of unbranched alkanes of at least 4 members (excludes halogenated alkanes) is 3. The highest BCUT2D eigenvalue weighted by Gasteiger charge is 2.36. The molecule has 5 aromatic rings. The van der Waals surface area contributed by atoms with Gasteiger partial charge in [0.1, 0.15) is 11.9 Å². The Kier molecular flexibility index (Phi) is 12.7. The van der Waals surface area contributed by atoms with Crippen LogP contribution in [-0.4, -0.2) is 39.1 Å². The number of rotatable bonds is 16. The molecule has 2 heterocycles. The van der Waals surface area contributed by atoms with E-state index in [1.807, 2.05) is 78.7 Å². The molecule has 268 valence electrons. The van der Waals surface area contributed by atoms with Crippen LogP contribution in [0.4, 0.5) is 5.69 Å². The molecule has 3 N–H and O–H groups in total. The minimum Gasteiger partial charge on any atom is -0.341 e. The van der Waals surface area contributed by atoms with E-state index in [0.29, 0.717) is 19.4 Å². The second kappa shape index (κ2) is 18.1. The number of H-pyrrole nitrogens is 1. The molecule has 0 saturated carbocycles. The summed E-state index contributed by atoms with van der Waals surface area (Å²) in [7, 11) is 0. The summed E-state index contributed by atoms with van der Waals surface area (Å²) in [6.45, 7) is 2.60. The highest BCUT2D eigenvalue weighted by Crippen LogP contribution is 2.34. The number of carbonyl (C=O) groups excluding carboxylic acids is 3. The van der Waals surface area contributed by atoms with Gasteiger partial charge in [0.25, 0.3) is 0 Å². The van der Waals surface area contributed by atoms with E-state index in [1.165, 1.54) is 5.56 Å². The minimum atomic E-state index is -0.754. The van der Waals surface area contributed by atoms with Gasteiger partial charge in [-0.25, -0.2) is 4.98 Å². The molecule has 1 aliphatic rings. The summed E-state index contributed by atoms with van der Waals surface area (Å²) in [6.07, 6.45) is 10.2. The summed E-state index contributed by atoms with van der Waals surface area (Å²) in [4.78, 5) is 49.4. The summed E-state index contributed by atoms with van der Waals surface area (Å²) >= 11 is 0. The van der Waals surface area contributed by atoms with Crippen molar-refractivity contribution in [3.8, 4) is 22.4 Å². The van der Waals surface area contributed by atoms with Crippen molar-refractivity contribution in [3.05, 3.63) is 132 Å². The number of aromatic amines is 1. The summed E-state index contributed by atoms with van der Waals surface area (Å²) < 4.78 is 0. The second-order valence-corrected chi connectivity index (χ2v) is 13.6. The van der Waals surface area contributed by atoms with Gasteiger partial charge >= 0.3 is 0 Å². The van der Waals surface area contributed by atoms with Crippen LogP contribution < -0.4 is 10.6 Å². The first-order valence-corrected chi connectivity index (χ1v) is 18.7. The molecule has 52 heavy (non-hydrogen) atoms. The monoisotopic (exact) mass is 695 g/mol. The topological polar surface area (TPSA) is 107 Å². The smallest absolute Gasteiger partial charge is 0.250 e. The van der Waals surface area contributed by atoms with Crippen LogP contribution in [0.1, 0.15) is 93.7 Å². The highest BCUT2D eigenvalue weighted by atomic mass is 16.2. The maximum atomic E-state index is 14.2. The first kappa shape index (κ1) is 36.3. The van der Waals surface area contributed by atoms with E-state index in [4.69, 9.17) is 4.98 Å². The molecule has 0 spiro atoms. The molecule has 0 bridgehead atoms. The first-order valence-electron chi connectivity index (χ1n) is 18.7. The van der Waals surface area contributed by atoms with Crippen molar-refractivity contribution < 1.29 is 14.4 Å². The van der Waals surface area contributed by atoms with E-state index in [9.17, 15) is 14.4 Å². The Morgan fingerprint density at radius 2 is 1.42 bits per heavy atom. The van der Waals surface area contributed by atoms with Crippen LogP contribution in [-0.2, 0) is 20.8 Å². The predicted molar refractivity (Wildman–Crippen MR) is 207 cm³/mol. The number of aromatic nitrogens is 2. The van der Waals surface area contributed by atoms with Crippen LogP contribution in [0.3, 0.4) is 0 Å². The van der Waals surface area contributed by atoms with Crippen LogP contribution in [0.2, 0.25) is 0 Å². The van der Waals surface area contributed by atoms with Gasteiger partial charge in [0.05, 0.1) is 17.9 Å². The van der Waals surface area contributed by atoms with Crippen molar-refractivity contribution in [1.82, 2.24) is 20.2 Å². The van der Waals surface area contributed by atoms with E-state index in [0.717, 1.165) is 90.8 Å². The van der Waals surface area contributed by atoms with Crippen molar-refractivity contribution in [3.63, 3.8) is 0 Å². The number of nitrogens with zero attached hydrogens (tertiary/aromatic N) is 2. The van der Waals surface area contributed by atoms with Gasteiger partial charge in [0.15, 0.2) is 0 Å². The SMILES string of the molecule is CCCC(=O)Nc1ccc(-c2ccc(-c3cnc([C@@H]4CCCN4C(=O)[C@H](NC(=O)CCCCCCc4ccccc4)c4ccccc4)[nH]3)cc2)cc1. The number of likely N-dealkylation sites (tertiary alicyclic amines) is 1. The average Bonchev–Trinajstić information content (AvgIpc) is 3.87. The molecule has 6 rings (SSSR count). The molecule has 0 aliphatic carbocycles. The van der Waals surface area contributed by atoms with Crippen molar-refractivity contribution in [2.75, 3.05) is 11.9 Å². The van der Waals surface area contributed by atoms with Gasteiger partial charge in [-0.15, -0.1) is 0 Å². The molecule has 8 nitrogen and oxygen atoms in total. The lowest BCUT2D eigenvalue weighted by molar-refractivity contribution is -0.137. The van der Waals surface area contributed by atoms with E-state index in [2.05, 4.69) is 64.1 Å². The molecule has 8 heteroatoms. The molecule has 1 aliphatic heterocycles. The Hall–Kier alpha value is -5.50. The van der Waals surface area contributed by atoms with E-state index in [1.54, 1.807) is 0 Å². The summed E-state index contributed by atoms with van der Waals surface area (Å²) in [5.41, 5.74) is 6.93. The zero-order chi connectivity index (χ0) is 36.1. The molecule has 0 unspecified atom stereocenters. The Labute approximate surface area is 307 Å². The minimum absolute atomic E-state index is 0.0260. The maximum absolute atomic E-state index is 14.2.